The van der Waals surface area contributed by atoms with Gasteiger partial charge in [0.05, 0.1) is 6.33 Å². The standard InChI is InChI=1S/C11H15N5O3.CH4N2O2/c12-11-14-9-8(10(19)15-11)13-4-16(9)7-1-5(2-17)6(7)3-18;2-1(4)3-5/h4-7,17-18H,1-3H2,(H3,12,14,15,19);5H,(H3,2,3,4)/t5-,6-,7+;/m1./s1. The van der Waals surface area contributed by atoms with Crippen LogP contribution in [0.1, 0.15) is 12.5 Å². The molecule has 24 heavy (non-hydrogen) atoms. The fraction of sp³-hybridized carbons (Fsp3) is 0.500. The predicted molar refractivity (Wildman–Crippen MR) is 81.9 cm³/mol. The van der Waals surface area contributed by atoms with E-state index in [0.717, 1.165) is 6.42 Å². The van der Waals surface area contributed by atoms with Crippen LogP contribution in [0.25, 0.3) is 11.2 Å². The number of carbonyl (C=O) groups is 1. The SMILES string of the molecule is NC(=O)NO.Nc1nc2c(ncn2[C@H]2C[C@H](CO)[C@H]2CO)c(=O)[nH]1. The van der Waals surface area contributed by atoms with Crippen LogP contribution >= 0.6 is 0 Å². The highest BCUT2D eigenvalue weighted by atomic mass is 16.5. The number of hydroxylamine groups is 1. The maximum Gasteiger partial charge on any atom is 0.335 e. The zero-order valence-electron chi connectivity index (χ0n) is 12.6. The second kappa shape index (κ2) is 7.25. The Morgan fingerprint density at radius 1 is 1.46 bits per heavy atom. The maximum atomic E-state index is 11.7. The van der Waals surface area contributed by atoms with Crippen LogP contribution in [-0.4, -0.2) is 54.2 Å². The van der Waals surface area contributed by atoms with Gasteiger partial charge in [-0.25, -0.2) is 15.3 Å². The number of hydrogen-bond donors (Lipinski definition) is 7. The Hall–Kier alpha value is -2.70. The first-order valence-electron chi connectivity index (χ1n) is 7.06. The highest BCUT2D eigenvalue weighted by Gasteiger charge is 2.41. The first-order valence-corrected chi connectivity index (χ1v) is 7.06. The lowest BCUT2D eigenvalue weighted by Gasteiger charge is -2.43. The Labute approximate surface area is 135 Å². The number of nitrogens with one attached hydrogen (secondary N) is 2. The topological polar surface area (TPSA) is 205 Å². The highest BCUT2D eigenvalue weighted by molar-refractivity contribution is 5.70. The Bertz CT molecular complexity index is 773. The zero-order valence-corrected chi connectivity index (χ0v) is 12.6. The molecule has 0 radical (unpaired) electrons. The molecule has 2 heterocycles. The average molecular weight is 341 g/mol. The smallest absolute Gasteiger partial charge is 0.335 e. The quantitative estimate of drug-likeness (QED) is 0.243. The molecule has 132 valence electrons. The highest BCUT2D eigenvalue weighted by Crippen LogP contribution is 2.44. The number of H-pyrrole nitrogens is 1. The molecular weight excluding hydrogens is 322 g/mol. The number of nitrogens with two attached hydrogens (primary N) is 2. The third kappa shape index (κ3) is 3.29. The van der Waals surface area contributed by atoms with Crippen molar-refractivity contribution < 1.29 is 20.2 Å². The summed E-state index contributed by atoms with van der Waals surface area (Å²) >= 11 is 0. The number of fused-ring (bicyclic) bond motifs is 1. The summed E-state index contributed by atoms with van der Waals surface area (Å²) in [5.74, 6) is 0.0642. The van der Waals surface area contributed by atoms with Crippen LogP contribution < -0.4 is 22.5 Å². The zero-order chi connectivity index (χ0) is 17.9. The maximum absolute atomic E-state index is 11.7. The molecule has 1 aliphatic rings. The lowest BCUT2D eigenvalue weighted by molar-refractivity contribution is -0.00528. The molecule has 2 aromatic rings. The molecule has 3 rings (SSSR count). The minimum Gasteiger partial charge on any atom is -0.396 e. The molecule has 1 fully saturated rings. The van der Waals surface area contributed by atoms with Gasteiger partial charge in [0.2, 0.25) is 5.95 Å². The van der Waals surface area contributed by atoms with Crippen LogP contribution in [0.2, 0.25) is 0 Å². The van der Waals surface area contributed by atoms with Gasteiger partial charge in [-0.3, -0.25) is 15.0 Å². The minimum atomic E-state index is -0.940. The van der Waals surface area contributed by atoms with Gasteiger partial charge in [0.1, 0.15) is 0 Å². The van der Waals surface area contributed by atoms with Crippen molar-refractivity contribution in [3.05, 3.63) is 16.7 Å². The van der Waals surface area contributed by atoms with Gasteiger partial charge in [-0.2, -0.15) is 4.98 Å². The monoisotopic (exact) mass is 341 g/mol. The lowest BCUT2D eigenvalue weighted by Crippen LogP contribution is -2.42. The summed E-state index contributed by atoms with van der Waals surface area (Å²) in [5, 5.41) is 26.0. The number of aromatic nitrogens is 4. The lowest BCUT2D eigenvalue weighted by atomic mass is 9.70. The number of aliphatic hydroxyl groups excluding tert-OH is 2. The molecule has 0 aromatic carbocycles. The third-order valence-corrected chi connectivity index (χ3v) is 4.01. The second-order valence-corrected chi connectivity index (χ2v) is 5.34. The van der Waals surface area contributed by atoms with E-state index in [1.807, 2.05) is 0 Å². The van der Waals surface area contributed by atoms with E-state index in [2.05, 4.69) is 20.7 Å². The number of imidazole rings is 1. The van der Waals surface area contributed by atoms with Crippen molar-refractivity contribution >= 4 is 23.1 Å². The summed E-state index contributed by atoms with van der Waals surface area (Å²) in [5.41, 5.74) is 11.3. The number of carbonyl (C=O) groups excluding carboxylic acids is 1. The van der Waals surface area contributed by atoms with E-state index in [9.17, 15) is 19.8 Å². The normalized spacial score (nSPS) is 22.4. The van der Waals surface area contributed by atoms with E-state index in [0.29, 0.717) is 5.65 Å². The van der Waals surface area contributed by atoms with E-state index in [4.69, 9.17) is 10.9 Å². The van der Waals surface area contributed by atoms with Crippen molar-refractivity contribution in [2.45, 2.75) is 12.5 Å². The second-order valence-electron chi connectivity index (χ2n) is 5.34. The molecule has 3 atom stereocenters. The molecule has 0 bridgehead atoms. The Morgan fingerprint density at radius 3 is 2.67 bits per heavy atom. The van der Waals surface area contributed by atoms with E-state index in [1.165, 1.54) is 11.8 Å². The Balaban J connectivity index is 0.000000368. The number of aromatic amines is 1. The number of primary amides is 1. The van der Waals surface area contributed by atoms with E-state index in [1.54, 1.807) is 4.57 Å². The third-order valence-electron chi connectivity index (χ3n) is 4.01. The number of aliphatic hydroxyl groups is 2. The van der Waals surface area contributed by atoms with Gasteiger partial charge in [-0.15, -0.1) is 0 Å². The van der Waals surface area contributed by atoms with Crippen molar-refractivity contribution in [2.24, 2.45) is 17.6 Å². The van der Waals surface area contributed by atoms with Crippen LogP contribution in [0, 0.1) is 11.8 Å². The van der Waals surface area contributed by atoms with Gasteiger partial charge in [-0.05, 0) is 12.3 Å². The van der Waals surface area contributed by atoms with Crippen LogP contribution in [-0.2, 0) is 0 Å². The summed E-state index contributed by atoms with van der Waals surface area (Å²) in [4.78, 5) is 31.4. The van der Waals surface area contributed by atoms with Gasteiger partial charge in [-0.1, -0.05) is 0 Å². The van der Waals surface area contributed by atoms with Crippen LogP contribution in [0.15, 0.2) is 11.1 Å². The number of urea groups is 1. The Morgan fingerprint density at radius 2 is 2.12 bits per heavy atom. The molecule has 0 aliphatic heterocycles. The van der Waals surface area contributed by atoms with Gasteiger partial charge >= 0.3 is 6.03 Å². The summed E-state index contributed by atoms with van der Waals surface area (Å²) in [7, 11) is 0. The number of nitrogen functional groups attached to an aromatic ring is 1. The molecular formula is C12H19N7O5. The molecule has 9 N–H and O–H groups in total. The molecule has 1 aliphatic carbocycles. The molecule has 0 spiro atoms. The predicted octanol–water partition coefficient (Wildman–Crippen LogP) is -2.09. The summed E-state index contributed by atoms with van der Waals surface area (Å²) < 4.78 is 1.76. The number of rotatable bonds is 3. The summed E-state index contributed by atoms with van der Waals surface area (Å²) in [6, 6.07) is -0.953. The van der Waals surface area contributed by atoms with Crippen LogP contribution in [0.3, 0.4) is 0 Å². The molecule has 0 unspecified atom stereocenters. The Kier molecular flexibility index (Phi) is 5.33. The van der Waals surface area contributed by atoms with E-state index < -0.39 is 6.03 Å². The van der Waals surface area contributed by atoms with Gasteiger partial charge < -0.3 is 26.2 Å². The molecule has 2 aromatic heterocycles. The summed E-state index contributed by atoms with van der Waals surface area (Å²) in [6.07, 6.45) is 2.26. The van der Waals surface area contributed by atoms with Crippen molar-refractivity contribution in [3.8, 4) is 0 Å². The van der Waals surface area contributed by atoms with Crippen molar-refractivity contribution in [2.75, 3.05) is 18.9 Å². The number of nitrogens with zero attached hydrogens (tertiary/aromatic N) is 3. The fourth-order valence-electron chi connectivity index (χ4n) is 2.76. The van der Waals surface area contributed by atoms with Crippen molar-refractivity contribution in [1.82, 2.24) is 25.0 Å². The van der Waals surface area contributed by atoms with Crippen LogP contribution in [0.5, 0.6) is 0 Å². The van der Waals surface area contributed by atoms with Gasteiger partial charge in [0.25, 0.3) is 5.56 Å². The van der Waals surface area contributed by atoms with E-state index >= 15 is 0 Å². The summed E-state index contributed by atoms with van der Waals surface area (Å²) in [6.45, 7) is 0.0265. The van der Waals surface area contributed by atoms with Gasteiger partial charge in [0.15, 0.2) is 11.2 Å². The minimum absolute atomic E-state index is 0.0131. The van der Waals surface area contributed by atoms with Crippen LogP contribution in [0.4, 0.5) is 10.7 Å². The van der Waals surface area contributed by atoms with Crippen molar-refractivity contribution in [1.29, 1.82) is 0 Å². The molecule has 12 nitrogen and oxygen atoms in total. The molecule has 2 amide bonds. The largest absolute Gasteiger partial charge is 0.396 e. The fourth-order valence-corrected chi connectivity index (χ4v) is 2.76. The first kappa shape index (κ1) is 17.7. The van der Waals surface area contributed by atoms with Crippen molar-refractivity contribution in [3.63, 3.8) is 0 Å². The number of anilines is 1. The molecule has 12 heteroatoms. The van der Waals surface area contributed by atoms with E-state index in [-0.39, 0.29) is 48.1 Å². The molecule has 0 saturated heterocycles. The average Bonchev–Trinajstić information content (AvgIpc) is 2.91. The number of amides is 2. The number of hydrogen-bond acceptors (Lipinski definition) is 8. The van der Waals surface area contributed by atoms with Gasteiger partial charge in [0, 0.05) is 25.2 Å². The first-order chi connectivity index (χ1) is 11.4. The molecule has 1 saturated carbocycles.